The number of hydrogen-bond donors (Lipinski definition) is 2. The van der Waals surface area contributed by atoms with Crippen molar-refractivity contribution < 1.29 is 27.2 Å². The second kappa shape index (κ2) is 10.5. The van der Waals surface area contributed by atoms with Crippen molar-refractivity contribution in [2.75, 3.05) is 13.2 Å². The van der Waals surface area contributed by atoms with Gasteiger partial charge in [-0.3, -0.25) is 8.98 Å². The van der Waals surface area contributed by atoms with Gasteiger partial charge in [0.1, 0.15) is 18.3 Å². The number of nitrogens with zero attached hydrogens (tertiary/aromatic N) is 4. The van der Waals surface area contributed by atoms with E-state index in [0.717, 1.165) is 34.2 Å². The molecule has 3 aromatic heterocycles. The first-order valence-corrected chi connectivity index (χ1v) is 14.7. The molecule has 1 aliphatic carbocycles. The smallest absolute Gasteiger partial charge is 0.333 e. The van der Waals surface area contributed by atoms with Gasteiger partial charge in [-0.05, 0) is 52.0 Å². The Bertz CT molecular complexity index is 1470. The van der Waals surface area contributed by atoms with Crippen LogP contribution < -0.4 is 5.14 Å². The fourth-order valence-electron chi connectivity index (χ4n) is 5.45. The molecular formula is C25H31N5O6S2. The molecule has 4 atom stereocenters. The van der Waals surface area contributed by atoms with E-state index in [-0.39, 0.29) is 30.3 Å². The third kappa shape index (κ3) is 5.44. The van der Waals surface area contributed by atoms with Crippen LogP contribution in [0.5, 0.6) is 0 Å². The maximum atomic E-state index is 13.7. The van der Waals surface area contributed by atoms with E-state index >= 15 is 0 Å². The average Bonchev–Trinajstić information content (AvgIpc) is 3.52. The summed E-state index contributed by atoms with van der Waals surface area (Å²) in [6.45, 7) is 7.17. The van der Waals surface area contributed by atoms with Gasteiger partial charge in [0.15, 0.2) is 0 Å². The Labute approximate surface area is 225 Å². The highest BCUT2D eigenvalue weighted by atomic mass is 32.2. The summed E-state index contributed by atoms with van der Waals surface area (Å²) in [7, 11) is -4.08. The number of imidazole rings is 1. The normalized spacial score (nSPS) is 23.5. The fraction of sp³-hybridized carbons (Fsp3) is 0.520. The number of fused-ring (bicyclic) bond motifs is 1. The minimum Gasteiger partial charge on any atom is -0.393 e. The lowest BCUT2D eigenvalue weighted by Crippen LogP contribution is -2.24. The molecular weight excluding hydrogens is 530 g/mol. The van der Waals surface area contributed by atoms with Gasteiger partial charge in [-0.1, -0.05) is 0 Å². The summed E-state index contributed by atoms with van der Waals surface area (Å²) in [6.07, 6.45) is 3.31. The van der Waals surface area contributed by atoms with Gasteiger partial charge in [0.05, 0.1) is 41.1 Å². The number of aromatic nitrogens is 4. The monoisotopic (exact) mass is 561 g/mol. The van der Waals surface area contributed by atoms with Crippen LogP contribution in [0.3, 0.4) is 0 Å². The molecule has 4 heterocycles. The summed E-state index contributed by atoms with van der Waals surface area (Å²) in [4.78, 5) is 28.4. The molecule has 1 fully saturated rings. The Kier molecular flexibility index (Phi) is 7.50. The predicted molar refractivity (Wildman–Crippen MR) is 139 cm³/mol. The van der Waals surface area contributed by atoms with Crippen molar-refractivity contribution >= 4 is 27.4 Å². The molecule has 204 valence electrons. The molecule has 0 aromatic carbocycles. The van der Waals surface area contributed by atoms with Crippen molar-refractivity contribution in [3.63, 3.8) is 0 Å². The number of ether oxygens (including phenoxy) is 1. The molecule has 2 aliphatic rings. The summed E-state index contributed by atoms with van der Waals surface area (Å²) < 4.78 is 35.3. The number of aliphatic hydroxyl groups is 1. The van der Waals surface area contributed by atoms with Gasteiger partial charge in [0, 0.05) is 34.8 Å². The van der Waals surface area contributed by atoms with E-state index in [4.69, 9.17) is 19.0 Å². The van der Waals surface area contributed by atoms with Crippen molar-refractivity contribution in [2.45, 2.75) is 58.8 Å². The topological polar surface area (TPSA) is 160 Å². The highest BCUT2D eigenvalue weighted by Gasteiger charge is 2.35. The summed E-state index contributed by atoms with van der Waals surface area (Å²) in [5.74, 6) is 0.328. The van der Waals surface area contributed by atoms with E-state index in [0.29, 0.717) is 42.0 Å². The number of hydrogen-bond acceptors (Lipinski definition) is 10. The van der Waals surface area contributed by atoms with Gasteiger partial charge in [-0.2, -0.15) is 8.42 Å². The second-order valence-corrected chi connectivity index (χ2v) is 12.5. The number of aryl methyl sites for hydroxylation is 2. The molecule has 1 saturated carbocycles. The van der Waals surface area contributed by atoms with Crippen LogP contribution in [0.4, 0.5) is 0 Å². The number of carbonyl (C=O) groups excluding carboxylic acids is 1. The van der Waals surface area contributed by atoms with Crippen LogP contribution in [-0.2, 0) is 32.2 Å². The van der Waals surface area contributed by atoms with Crippen LogP contribution >= 0.6 is 11.3 Å². The van der Waals surface area contributed by atoms with Crippen LogP contribution in [0.2, 0.25) is 0 Å². The molecule has 13 heteroatoms. The Morgan fingerprint density at radius 3 is 2.87 bits per heavy atom. The van der Waals surface area contributed by atoms with Crippen molar-refractivity contribution in [3.05, 3.63) is 62.4 Å². The fourth-order valence-corrected chi connectivity index (χ4v) is 6.82. The molecule has 3 N–H and O–H groups in total. The van der Waals surface area contributed by atoms with Gasteiger partial charge in [0.2, 0.25) is 5.78 Å². The van der Waals surface area contributed by atoms with Crippen LogP contribution in [0.25, 0.3) is 0 Å². The zero-order valence-electron chi connectivity index (χ0n) is 21.5. The second-order valence-electron chi connectivity index (χ2n) is 10.0. The first-order chi connectivity index (χ1) is 18.0. The van der Waals surface area contributed by atoms with E-state index in [1.165, 1.54) is 23.9 Å². The largest absolute Gasteiger partial charge is 0.393 e. The van der Waals surface area contributed by atoms with Gasteiger partial charge in [0.25, 0.3) is 0 Å². The molecule has 0 saturated heterocycles. The molecule has 1 unspecified atom stereocenters. The third-order valence-corrected chi connectivity index (χ3v) is 9.04. The third-order valence-electron chi connectivity index (χ3n) is 7.51. The van der Waals surface area contributed by atoms with Crippen LogP contribution in [0.1, 0.15) is 67.5 Å². The van der Waals surface area contributed by atoms with Crippen LogP contribution in [0, 0.1) is 32.6 Å². The van der Waals surface area contributed by atoms with Crippen molar-refractivity contribution in [1.82, 2.24) is 19.5 Å². The summed E-state index contributed by atoms with van der Waals surface area (Å²) in [5, 5.41) is 15.3. The lowest BCUT2D eigenvalue weighted by Gasteiger charge is -2.25. The van der Waals surface area contributed by atoms with Crippen LogP contribution in [-0.4, -0.2) is 58.1 Å². The van der Waals surface area contributed by atoms with E-state index < -0.39 is 16.4 Å². The molecule has 3 aromatic rings. The van der Waals surface area contributed by atoms with Crippen LogP contribution in [0.15, 0.2) is 18.6 Å². The SMILES string of the molecule is Cc1nc2n(c1C)CCOC2c1cc(C(=O)c2cncnc2C[C@@H]2C[C@H](COS(N)(=O)=O)[C@@H](O)C2)sc1C. The molecule has 0 bridgehead atoms. The summed E-state index contributed by atoms with van der Waals surface area (Å²) >= 11 is 1.41. The number of thiophene rings is 1. The molecule has 1 aliphatic heterocycles. The molecule has 0 spiro atoms. The molecule has 11 nitrogen and oxygen atoms in total. The minimum absolute atomic E-state index is 0.00198. The van der Waals surface area contributed by atoms with Crippen molar-refractivity contribution in [1.29, 1.82) is 0 Å². The molecule has 0 amide bonds. The average molecular weight is 562 g/mol. The lowest BCUT2D eigenvalue weighted by molar-refractivity contribution is 0.0423. The highest BCUT2D eigenvalue weighted by molar-refractivity contribution is 7.84. The predicted octanol–water partition coefficient (Wildman–Crippen LogP) is 2.16. The zero-order chi connectivity index (χ0) is 27.2. The lowest BCUT2D eigenvalue weighted by atomic mass is 9.96. The first-order valence-electron chi connectivity index (χ1n) is 12.5. The first kappa shape index (κ1) is 27.0. The zero-order valence-corrected chi connectivity index (χ0v) is 23.1. The van der Waals surface area contributed by atoms with Gasteiger partial charge >= 0.3 is 10.3 Å². The van der Waals surface area contributed by atoms with E-state index in [9.17, 15) is 18.3 Å². The quantitative estimate of drug-likeness (QED) is 0.393. The van der Waals surface area contributed by atoms with E-state index in [2.05, 4.69) is 21.5 Å². The van der Waals surface area contributed by atoms with Gasteiger partial charge in [-0.25, -0.2) is 20.1 Å². The minimum atomic E-state index is -4.08. The Morgan fingerprint density at radius 2 is 2.11 bits per heavy atom. The standard InChI is InChI=1S/C25H31N5O6S2/c1-13-14(2)30-4-5-35-24(25(30)29-13)18-9-22(37-15(18)3)23(32)19-10-27-12-28-20(19)7-16-6-17(21(31)8-16)11-36-38(26,33)34/h9-10,12,16-17,21,24,31H,4-8,11H2,1-3H3,(H2,26,33,34)/t16-,17+,21-,24?/m0/s1. The maximum absolute atomic E-state index is 13.7. The summed E-state index contributed by atoms with van der Waals surface area (Å²) in [6, 6.07) is 1.89. The maximum Gasteiger partial charge on any atom is 0.333 e. The molecule has 0 radical (unpaired) electrons. The number of rotatable bonds is 8. The highest BCUT2D eigenvalue weighted by Crippen LogP contribution is 2.38. The Morgan fingerprint density at radius 1 is 1.32 bits per heavy atom. The number of carbonyl (C=O) groups is 1. The van der Waals surface area contributed by atoms with E-state index in [1.54, 1.807) is 0 Å². The Balaban J connectivity index is 1.35. The van der Waals surface area contributed by atoms with Crippen molar-refractivity contribution in [2.24, 2.45) is 17.0 Å². The molecule has 38 heavy (non-hydrogen) atoms. The Hall–Kier alpha value is -2.55. The van der Waals surface area contributed by atoms with Gasteiger partial charge < -0.3 is 14.4 Å². The van der Waals surface area contributed by atoms with Gasteiger partial charge in [-0.15, -0.1) is 11.3 Å². The van der Waals surface area contributed by atoms with Crippen molar-refractivity contribution in [3.8, 4) is 0 Å². The summed E-state index contributed by atoms with van der Waals surface area (Å²) in [5.41, 5.74) is 4.04. The number of ketones is 1. The molecule has 5 rings (SSSR count). The number of nitrogens with two attached hydrogens (primary N) is 1. The number of aliphatic hydroxyl groups excluding tert-OH is 1. The van der Waals surface area contributed by atoms with E-state index in [1.807, 2.05) is 19.9 Å².